The third-order valence-electron chi connectivity index (χ3n) is 3.19. The predicted octanol–water partition coefficient (Wildman–Crippen LogP) is 0.453. The summed E-state index contributed by atoms with van der Waals surface area (Å²) in [6, 6.07) is 9.03. The van der Waals surface area contributed by atoms with Crippen LogP contribution in [0.4, 0.5) is 0 Å². The predicted molar refractivity (Wildman–Crippen MR) is 65.3 cm³/mol. The van der Waals surface area contributed by atoms with Crippen LogP contribution in [0.5, 0.6) is 0 Å². The van der Waals surface area contributed by atoms with Crippen molar-refractivity contribution >= 4 is 0 Å². The van der Waals surface area contributed by atoms with Gasteiger partial charge in [0.2, 0.25) is 0 Å². The first kappa shape index (κ1) is 11.6. The lowest BCUT2D eigenvalue weighted by atomic mass is 10.1. The Labute approximate surface area is 96.7 Å². The van der Waals surface area contributed by atoms with Crippen LogP contribution in [0.25, 0.3) is 0 Å². The molecule has 0 bridgehead atoms. The van der Waals surface area contributed by atoms with E-state index in [0.29, 0.717) is 25.6 Å². The number of rotatable bonds is 5. The van der Waals surface area contributed by atoms with Crippen molar-refractivity contribution in [2.75, 3.05) is 13.1 Å². The zero-order chi connectivity index (χ0) is 11.4. The third kappa shape index (κ3) is 2.82. The van der Waals surface area contributed by atoms with E-state index in [1.54, 1.807) is 0 Å². The second kappa shape index (κ2) is 5.43. The van der Waals surface area contributed by atoms with E-state index in [9.17, 15) is 5.11 Å². The highest BCUT2D eigenvalue weighted by Crippen LogP contribution is 2.21. The second-order valence-electron chi connectivity index (χ2n) is 4.51. The van der Waals surface area contributed by atoms with Crippen LogP contribution in [-0.2, 0) is 12.8 Å². The minimum absolute atomic E-state index is 0.311. The average molecular weight is 220 g/mol. The van der Waals surface area contributed by atoms with Crippen molar-refractivity contribution in [1.29, 1.82) is 0 Å². The Kier molecular flexibility index (Phi) is 3.93. The van der Waals surface area contributed by atoms with Crippen LogP contribution in [0.15, 0.2) is 24.3 Å². The summed E-state index contributed by atoms with van der Waals surface area (Å²) in [4.78, 5) is 0. The third-order valence-corrected chi connectivity index (χ3v) is 3.19. The topological polar surface area (TPSA) is 58.3 Å². The van der Waals surface area contributed by atoms with Crippen LogP contribution >= 0.6 is 0 Å². The lowest BCUT2D eigenvalue weighted by Gasteiger charge is -2.15. The van der Waals surface area contributed by atoms with E-state index in [1.165, 1.54) is 11.1 Å². The molecule has 1 aliphatic rings. The minimum Gasteiger partial charge on any atom is -0.392 e. The normalized spacial score (nSPS) is 17.4. The molecule has 4 N–H and O–H groups in total. The summed E-state index contributed by atoms with van der Waals surface area (Å²) in [7, 11) is 0. The van der Waals surface area contributed by atoms with Gasteiger partial charge in [-0.1, -0.05) is 24.3 Å². The smallest absolute Gasteiger partial charge is 0.0676 e. The second-order valence-corrected chi connectivity index (χ2v) is 4.51. The van der Waals surface area contributed by atoms with Crippen molar-refractivity contribution < 1.29 is 5.11 Å². The molecule has 3 nitrogen and oxygen atoms in total. The number of nitrogens with one attached hydrogen (secondary N) is 1. The Morgan fingerprint density at radius 3 is 2.50 bits per heavy atom. The Balaban J connectivity index is 1.79. The first-order valence-corrected chi connectivity index (χ1v) is 5.98. The van der Waals surface area contributed by atoms with E-state index in [-0.39, 0.29) is 6.10 Å². The van der Waals surface area contributed by atoms with Gasteiger partial charge in [0.1, 0.15) is 0 Å². The molecule has 1 aromatic carbocycles. The molecule has 0 radical (unpaired) electrons. The number of nitrogens with two attached hydrogens (primary N) is 1. The fourth-order valence-corrected chi connectivity index (χ4v) is 2.30. The molecular weight excluding hydrogens is 200 g/mol. The quantitative estimate of drug-likeness (QED) is 0.675. The van der Waals surface area contributed by atoms with E-state index in [0.717, 1.165) is 12.8 Å². The largest absolute Gasteiger partial charge is 0.392 e. The van der Waals surface area contributed by atoms with Crippen LogP contribution in [-0.4, -0.2) is 30.3 Å². The Morgan fingerprint density at radius 1 is 1.31 bits per heavy atom. The van der Waals surface area contributed by atoms with Gasteiger partial charge >= 0.3 is 0 Å². The Morgan fingerprint density at radius 2 is 1.94 bits per heavy atom. The minimum atomic E-state index is -0.311. The van der Waals surface area contributed by atoms with Crippen molar-refractivity contribution in [3.8, 4) is 0 Å². The first-order chi connectivity index (χ1) is 7.79. The number of benzene rings is 1. The molecule has 0 heterocycles. The fraction of sp³-hybridized carbons (Fsp3) is 0.538. The SMILES string of the molecule is NCCC(O)CNC1Cc2ccccc2C1. The highest BCUT2D eigenvalue weighted by Gasteiger charge is 2.20. The maximum atomic E-state index is 9.58. The zero-order valence-corrected chi connectivity index (χ0v) is 9.52. The van der Waals surface area contributed by atoms with Gasteiger partial charge in [0.25, 0.3) is 0 Å². The van der Waals surface area contributed by atoms with Gasteiger partial charge in [-0.3, -0.25) is 0 Å². The highest BCUT2D eigenvalue weighted by atomic mass is 16.3. The molecule has 1 aromatic rings. The molecular formula is C13H20N2O. The zero-order valence-electron chi connectivity index (χ0n) is 9.52. The number of aliphatic hydroxyl groups is 1. The molecule has 0 spiro atoms. The van der Waals surface area contributed by atoms with E-state index < -0.39 is 0 Å². The maximum absolute atomic E-state index is 9.58. The molecule has 0 saturated carbocycles. The molecule has 0 fully saturated rings. The summed E-state index contributed by atoms with van der Waals surface area (Å²) in [5, 5.41) is 13.0. The van der Waals surface area contributed by atoms with Crippen LogP contribution in [0.1, 0.15) is 17.5 Å². The molecule has 0 aromatic heterocycles. The van der Waals surface area contributed by atoms with E-state index in [2.05, 4.69) is 29.6 Å². The molecule has 0 amide bonds. The van der Waals surface area contributed by atoms with Gasteiger partial charge in [-0.2, -0.15) is 0 Å². The van der Waals surface area contributed by atoms with Crippen LogP contribution < -0.4 is 11.1 Å². The van der Waals surface area contributed by atoms with E-state index in [1.807, 2.05) is 0 Å². The fourth-order valence-electron chi connectivity index (χ4n) is 2.30. The Bertz CT molecular complexity index is 315. The summed E-state index contributed by atoms with van der Waals surface area (Å²) in [5.74, 6) is 0. The number of hydrogen-bond acceptors (Lipinski definition) is 3. The lowest BCUT2D eigenvalue weighted by molar-refractivity contribution is 0.160. The van der Waals surface area contributed by atoms with Crippen molar-refractivity contribution in [2.45, 2.75) is 31.4 Å². The standard InChI is InChI=1S/C13H20N2O/c14-6-5-13(16)9-15-12-7-10-3-1-2-4-11(10)8-12/h1-4,12-13,15-16H,5-9,14H2. The van der Waals surface area contributed by atoms with Crippen LogP contribution in [0, 0.1) is 0 Å². The summed E-state index contributed by atoms with van der Waals surface area (Å²) in [5.41, 5.74) is 8.27. The van der Waals surface area contributed by atoms with Crippen LogP contribution in [0.2, 0.25) is 0 Å². The Hall–Kier alpha value is -0.900. The molecule has 88 valence electrons. The maximum Gasteiger partial charge on any atom is 0.0676 e. The van der Waals surface area contributed by atoms with Crippen molar-refractivity contribution in [3.63, 3.8) is 0 Å². The van der Waals surface area contributed by atoms with Crippen molar-refractivity contribution in [2.24, 2.45) is 5.73 Å². The number of hydrogen-bond donors (Lipinski definition) is 3. The molecule has 1 atom stereocenters. The summed E-state index contributed by atoms with van der Waals surface area (Å²) in [6.07, 6.45) is 2.51. The number of fused-ring (bicyclic) bond motifs is 1. The number of aliphatic hydroxyl groups excluding tert-OH is 1. The summed E-state index contributed by atoms with van der Waals surface area (Å²) >= 11 is 0. The van der Waals surface area contributed by atoms with Gasteiger partial charge in [0.05, 0.1) is 6.10 Å². The molecule has 3 heteroatoms. The molecule has 1 unspecified atom stereocenters. The van der Waals surface area contributed by atoms with Gasteiger partial charge in [0.15, 0.2) is 0 Å². The van der Waals surface area contributed by atoms with E-state index in [4.69, 9.17) is 5.73 Å². The molecule has 0 saturated heterocycles. The lowest BCUT2D eigenvalue weighted by Crippen LogP contribution is -2.36. The van der Waals surface area contributed by atoms with Gasteiger partial charge in [-0.05, 0) is 36.9 Å². The van der Waals surface area contributed by atoms with Gasteiger partial charge in [-0.25, -0.2) is 0 Å². The van der Waals surface area contributed by atoms with E-state index >= 15 is 0 Å². The van der Waals surface area contributed by atoms with Gasteiger partial charge in [0, 0.05) is 12.6 Å². The summed E-state index contributed by atoms with van der Waals surface area (Å²) in [6.45, 7) is 1.20. The highest BCUT2D eigenvalue weighted by molar-refractivity contribution is 5.33. The molecule has 1 aliphatic carbocycles. The van der Waals surface area contributed by atoms with Gasteiger partial charge in [-0.15, -0.1) is 0 Å². The van der Waals surface area contributed by atoms with Crippen LogP contribution in [0.3, 0.4) is 0 Å². The molecule has 2 rings (SSSR count). The molecule has 0 aliphatic heterocycles. The van der Waals surface area contributed by atoms with Crippen molar-refractivity contribution in [1.82, 2.24) is 5.32 Å². The first-order valence-electron chi connectivity index (χ1n) is 5.98. The van der Waals surface area contributed by atoms with Crippen molar-refractivity contribution in [3.05, 3.63) is 35.4 Å². The summed E-state index contributed by atoms with van der Waals surface area (Å²) < 4.78 is 0. The van der Waals surface area contributed by atoms with Gasteiger partial charge < -0.3 is 16.2 Å². The monoisotopic (exact) mass is 220 g/mol. The average Bonchev–Trinajstić information content (AvgIpc) is 2.69. The molecule has 16 heavy (non-hydrogen) atoms.